The highest BCUT2D eigenvalue weighted by molar-refractivity contribution is 5.89. The van der Waals surface area contributed by atoms with Crippen molar-refractivity contribution in [3.05, 3.63) is 17.2 Å². The monoisotopic (exact) mass is 308 g/mol. The second-order valence-electron chi connectivity index (χ2n) is 5.46. The summed E-state index contributed by atoms with van der Waals surface area (Å²) in [5, 5.41) is 9.14. The minimum atomic E-state index is -0.150. The molecule has 122 valence electrons. The average Bonchev–Trinajstić information content (AvgIpc) is 2.96. The molecule has 5 nitrogen and oxygen atoms in total. The highest BCUT2D eigenvalue weighted by atomic mass is 16.5. The van der Waals surface area contributed by atoms with Crippen molar-refractivity contribution in [1.82, 2.24) is 0 Å². The Balaban J connectivity index is 2.61. The van der Waals surface area contributed by atoms with E-state index in [2.05, 4.69) is 0 Å². The molecule has 2 rings (SSSR count). The predicted octanol–water partition coefficient (Wildman–Crippen LogP) is 2.47. The number of carbonyl (C=O) groups excluding carboxylic acids is 1. The summed E-state index contributed by atoms with van der Waals surface area (Å²) in [6.07, 6.45) is 3.65. The van der Waals surface area contributed by atoms with Gasteiger partial charge in [0.15, 0.2) is 11.5 Å². The topological polar surface area (TPSA) is 65.0 Å². The molecular weight excluding hydrogens is 284 g/mol. The molecule has 1 aromatic carbocycles. The van der Waals surface area contributed by atoms with Crippen molar-refractivity contribution in [3.63, 3.8) is 0 Å². The third kappa shape index (κ3) is 3.04. The van der Waals surface area contributed by atoms with Crippen molar-refractivity contribution >= 4 is 5.78 Å². The van der Waals surface area contributed by atoms with E-state index < -0.39 is 0 Å². The van der Waals surface area contributed by atoms with Crippen LogP contribution in [0.2, 0.25) is 0 Å². The van der Waals surface area contributed by atoms with Crippen molar-refractivity contribution in [3.8, 4) is 17.2 Å². The van der Waals surface area contributed by atoms with Crippen LogP contribution in [0.3, 0.4) is 0 Å². The number of ketones is 1. The summed E-state index contributed by atoms with van der Waals surface area (Å²) in [5.74, 6) is 1.78. The standard InChI is InChI=1S/C17H24O5/c1-20-14-10-11(6-5-9-18)15(12-7-4-8-13(12)19)17(22-3)16(14)21-2/h10,12,18H,4-9H2,1-3H3. The van der Waals surface area contributed by atoms with Gasteiger partial charge in [-0.2, -0.15) is 0 Å². The maximum absolute atomic E-state index is 12.2. The first-order valence-corrected chi connectivity index (χ1v) is 7.63. The van der Waals surface area contributed by atoms with Gasteiger partial charge in [0.25, 0.3) is 0 Å². The molecule has 1 unspecified atom stereocenters. The van der Waals surface area contributed by atoms with Gasteiger partial charge < -0.3 is 19.3 Å². The van der Waals surface area contributed by atoms with Crippen LogP contribution in [0.5, 0.6) is 17.2 Å². The lowest BCUT2D eigenvalue weighted by Gasteiger charge is -2.22. The number of ether oxygens (including phenoxy) is 3. The van der Waals surface area contributed by atoms with E-state index >= 15 is 0 Å². The van der Waals surface area contributed by atoms with E-state index in [-0.39, 0.29) is 18.3 Å². The van der Waals surface area contributed by atoms with Crippen LogP contribution in [-0.4, -0.2) is 38.8 Å². The lowest BCUT2D eigenvalue weighted by molar-refractivity contribution is -0.118. The molecule has 1 aliphatic rings. The van der Waals surface area contributed by atoms with Crippen LogP contribution < -0.4 is 14.2 Å². The smallest absolute Gasteiger partial charge is 0.203 e. The molecule has 0 saturated heterocycles. The van der Waals surface area contributed by atoms with Gasteiger partial charge in [-0.15, -0.1) is 0 Å². The molecular formula is C17H24O5. The molecule has 0 aliphatic heterocycles. The Bertz CT molecular complexity index is 538. The molecule has 1 atom stereocenters. The number of benzene rings is 1. The number of methoxy groups -OCH3 is 3. The summed E-state index contributed by atoms with van der Waals surface area (Å²) in [5.41, 5.74) is 1.89. The highest BCUT2D eigenvalue weighted by Crippen LogP contribution is 2.48. The number of hydrogen-bond donors (Lipinski definition) is 1. The fourth-order valence-electron chi connectivity index (χ4n) is 3.21. The number of rotatable bonds is 7. The number of aliphatic hydroxyl groups is 1. The van der Waals surface area contributed by atoms with E-state index in [0.29, 0.717) is 36.5 Å². The lowest BCUT2D eigenvalue weighted by atomic mass is 9.88. The van der Waals surface area contributed by atoms with Crippen LogP contribution in [0.1, 0.15) is 42.7 Å². The van der Waals surface area contributed by atoms with Crippen molar-refractivity contribution in [1.29, 1.82) is 0 Å². The number of carbonyl (C=O) groups is 1. The van der Waals surface area contributed by atoms with Gasteiger partial charge in [0, 0.05) is 24.5 Å². The first-order valence-electron chi connectivity index (χ1n) is 7.63. The lowest BCUT2D eigenvalue weighted by Crippen LogP contribution is -2.12. The molecule has 1 saturated carbocycles. The molecule has 22 heavy (non-hydrogen) atoms. The summed E-state index contributed by atoms with van der Waals surface area (Å²) in [4.78, 5) is 12.2. The average molecular weight is 308 g/mol. The Morgan fingerprint density at radius 3 is 2.41 bits per heavy atom. The van der Waals surface area contributed by atoms with Gasteiger partial charge in [0.1, 0.15) is 5.78 Å². The summed E-state index contributed by atoms with van der Waals surface area (Å²) in [6, 6.07) is 1.90. The molecule has 5 heteroatoms. The maximum atomic E-state index is 12.2. The maximum Gasteiger partial charge on any atom is 0.203 e. The second-order valence-corrected chi connectivity index (χ2v) is 5.46. The van der Waals surface area contributed by atoms with E-state index in [1.807, 2.05) is 6.07 Å². The summed E-state index contributed by atoms with van der Waals surface area (Å²) in [6.45, 7) is 0.106. The number of aliphatic hydroxyl groups excluding tert-OH is 1. The number of hydrogen-bond acceptors (Lipinski definition) is 5. The molecule has 0 radical (unpaired) electrons. The number of aryl methyl sites for hydroxylation is 1. The van der Waals surface area contributed by atoms with Crippen LogP contribution in [0.25, 0.3) is 0 Å². The Kier molecular flexibility index (Phi) is 5.66. The zero-order valence-electron chi connectivity index (χ0n) is 13.5. The van der Waals surface area contributed by atoms with Gasteiger partial charge >= 0.3 is 0 Å². The second kappa shape index (κ2) is 7.49. The van der Waals surface area contributed by atoms with Gasteiger partial charge in [-0.3, -0.25) is 4.79 Å². The van der Waals surface area contributed by atoms with Crippen LogP contribution in [-0.2, 0) is 11.2 Å². The fraction of sp³-hybridized carbons (Fsp3) is 0.588. The highest BCUT2D eigenvalue weighted by Gasteiger charge is 2.33. The minimum Gasteiger partial charge on any atom is -0.493 e. The van der Waals surface area contributed by atoms with E-state index in [1.165, 1.54) is 0 Å². The molecule has 1 N–H and O–H groups in total. The van der Waals surface area contributed by atoms with Crippen LogP contribution >= 0.6 is 0 Å². The molecule has 0 bridgehead atoms. The predicted molar refractivity (Wildman–Crippen MR) is 83.1 cm³/mol. The Morgan fingerprint density at radius 1 is 1.18 bits per heavy atom. The summed E-state index contributed by atoms with van der Waals surface area (Å²) in [7, 11) is 4.72. The van der Waals surface area contributed by atoms with E-state index in [9.17, 15) is 4.79 Å². The summed E-state index contributed by atoms with van der Waals surface area (Å²) >= 11 is 0. The van der Waals surface area contributed by atoms with Crippen molar-refractivity contribution in [2.75, 3.05) is 27.9 Å². The third-order valence-corrected chi connectivity index (χ3v) is 4.21. The molecule has 0 heterocycles. The first-order chi connectivity index (χ1) is 10.7. The largest absolute Gasteiger partial charge is 0.493 e. The zero-order chi connectivity index (χ0) is 16.1. The Labute approximate surface area is 131 Å². The van der Waals surface area contributed by atoms with Gasteiger partial charge in [-0.05, 0) is 37.3 Å². The van der Waals surface area contributed by atoms with E-state index in [1.54, 1.807) is 21.3 Å². The van der Waals surface area contributed by atoms with E-state index in [0.717, 1.165) is 24.0 Å². The first kappa shape index (κ1) is 16.6. The van der Waals surface area contributed by atoms with Gasteiger partial charge in [-0.25, -0.2) is 0 Å². The van der Waals surface area contributed by atoms with Gasteiger partial charge in [-0.1, -0.05) is 0 Å². The Morgan fingerprint density at radius 2 is 1.91 bits per heavy atom. The van der Waals surface area contributed by atoms with Crippen LogP contribution in [0.4, 0.5) is 0 Å². The minimum absolute atomic E-state index is 0.106. The van der Waals surface area contributed by atoms with Crippen molar-refractivity contribution in [2.24, 2.45) is 0 Å². The van der Waals surface area contributed by atoms with Crippen LogP contribution in [0.15, 0.2) is 6.07 Å². The molecule has 0 aromatic heterocycles. The molecule has 1 aromatic rings. The quantitative estimate of drug-likeness (QED) is 0.838. The fourth-order valence-corrected chi connectivity index (χ4v) is 3.21. The third-order valence-electron chi connectivity index (χ3n) is 4.21. The molecule has 0 amide bonds. The molecule has 1 fully saturated rings. The number of Topliss-reactive ketones (excluding diaryl/α,β-unsaturated/α-hetero) is 1. The van der Waals surface area contributed by atoms with Crippen LogP contribution in [0, 0.1) is 0 Å². The summed E-state index contributed by atoms with van der Waals surface area (Å²) < 4.78 is 16.4. The zero-order valence-corrected chi connectivity index (χ0v) is 13.5. The van der Waals surface area contributed by atoms with Gasteiger partial charge in [0.2, 0.25) is 5.75 Å². The molecule has 0 spiro atoms. The Hall–Kier alpha value is -1.75. The van der Waals surface area contributed by atoms with Gasteiger partial charge in [0.05, 0.1) is 21.3 Å². The normalized spacial score (nSPS) is 17.6. The van der Waals surface area contributed by atoms with Crippen molar-refractivity contribution in [2.45, 2.75) is 38.0 Å². The molecule has 1 aliphatic carbocycles. The van der Waals surface area contributed by atoms with E-state index in [4.69, 9.17) is 19.3 Å². The SMILES string of the molecule is COc1cc(CCCO)c(C2CCCC2=O)c(OC)c1OC. The van der Waals surface area contributed by atoms with Crippen molar-refractivity contribution < 1.29 is 24.1 Å².